The van der Waals surface area contributed by atoms with Gasteiger partial charge >= 0.3 is 0 Å². The van der Waals surface area contributed by atoms with Crippen LogP contribution in [0.4, 0.5) is 0 Å². The van der Waals surface area contributed by atoms with Gasteiger partial charge in [0.25, 0.3) is 5.89 Å². The molecule has 7 heteroatoms. The SMILES string of the molecule is Cc1ccc(O)c(-c2nc(CS(C)(=O)=O)no2)c1. The Balaban J connectivity index is 2.38. The van der Waals surface area contributed by atoms with Crippen LogP contribution in [0.15, 0.2) is 22.7 Å². The largest absolute Gasteiger partial charge is 0.507 e. The van der Waals surface area contributed by atoms with Crippen molar-refractivity contribution < 1.29 is 18.0 Å². The number of phenolic OH excluding ortho intramolecular Hbond substituents is 1. The Morgan fingerprint density at radius 3 is 2.78 bits per heavy atom. The third-order valence-electron chi connectivity index (χ3n) is 2.24. The van der Waals surface area contributed by atoms with Crippen LogP contribution in [-0.4, -0.2) is 29.9 Å². The van der Waals surface area contributed by atoms with E-state index >= 15 is 0 Å². The molecule has 0 amide bonds. The number of aromatic hydroxyl groups is 1. The fourth-order valence-electron chi connectivity index (χ4n) is 1.48. The molecule has 0 radical (unpaired) electrons. The maximum absolute atomic E-state index is 11.1. The first-order valence-corrected chi connectivity index (χ1v) is 7.21. The summed E-state index contributed by atoms with van der Waals surface area (Å²) in [5.74, 6) is -0.0956. The fraction of sp³-hybridized carbons (Fsp3) is 0.273. The maximum atomic E-state index is 11.1. The Morgan fingerprint density at radius 1 is 1.39 bits per heavy atom. The highest BCUT2D eigenvalue weighted by Crippen LogP contribution is 2.28. The van der Waals surface area contributed by atoms with Crippen LogP contribution < -0.4 is 0 Å². The van der Waals surface area contributed by atoms with E-state index < -0.39 is 9.84 Å². The van der Waals surface area contributed by atoms with Crippen LogP contribution >= 0.6 is 0 Å². The lowest BCUT2D eigenvalue weighted by atomic mass is 10.1. The summed E-state index contributed by atoms with van der Waals surface area (Å²) in [5.41, 5.74) is 1.31. The first-order chi connectivity index (χ1) is 8.35. The van der Waals surface area contributed by atoms with E-state index in [-0.39, 0.29) is 23.2 Å². The van der Waals surface area contributed by atoms with Crippen LogP contribution in [0.25, 0.3) is 11.5 Å². The van der Waals surface area contributed by atoms with Crippen LogP contribution in [0.1, 0.15) is 11.4 Å². The number of hydrogen-bond donors (Lipinski definition) is 1. The molecule has 0 unspecified atom stereocenters. The normalized spacial score (nSPS) is 11.7. The Hall–Kier alpha value is -1.89. The van der Waals surface area contributed by atoms with Crippen molar-refractivity contribution in [2.75, 3.05) is 6.26 Å². The van der Waals surface area contributed by atoms with Crippen LogP contribution in [-0.2, 0) is 15.6 Å². The van der Waals surface area contributed by atoms with Gasteiger partial charge in [-0.25, -0.2) is 8.42 Å². The van der Waals surface area contributed by atoms with Crippen molar-refractivity contribution in [3.8, 4) is 17.2 Å². The summed E-state index contributed by atoms with van der Waals surface area (Å²) < 4.78 is 27.1. The summed E-state index contributed by atoms with van der Waals surface area (Å²) in [5, 5.41) is 13.3. The minimum Gasteiger partial charge on any atom is -0.507 e. The minimum absolute atomic E-state index is 0.00940. The lowest BCUT2D eigenvalue weighted by molar-refractivity contribution is 0.419. The van der Waals surface area contributed by atoms with Gasteiger partial charge in [0, 0.05) is 6.26 Å². The third-order valence-corrected chi connectivity index (χ3v) is 3.02. The second-order valence-corrected chi connectivity index (χ2v) is 6.25. The maximum Gasteiger partial charge on any atom is 0.261 e. The molecule has 0 saturated carbocycles. The number of phenols is 1. The van der Waals surface area contributed by atoms with Gasteiger partial charge < -0.3 is 9.63 Å². The van der Waals surface area contributed by atoms with Gasteiger partial charge in [0.2, 0.25) is 0 Å². The zero-order chi connectivity index (χ0) is 13.3. The smallest absolute Gasteiger partial charge is 0.261 e. The van der Waals surface area contributed by atoms with E-state index in [0.29, 0.717) is 5.56 Å². The molecule has 1 heterocycles. The summed E-state index contributed by atoms with van der Waals surface area (Å²) >= 11 is 0. The zero-order valence-corrected chi connectivity index (χ0v) is 10.7. The van der Waals surface area contributed by atoms with Gasteiger partial charge in [-0.3, -0.25) is 0 Å². The molecule has 96 valence electrons. The Kier molecular flexibility index (Phi) is 3.08. The first kappa shape index (κ1) is 12.6. The van der Waals surface area contributed by atoms with Crippen LogP contribution in [0.5, 0.6) is 5.75 Å². The number of nitrogens with zero attached hydrogens (tertiary/aromatic N) is 2. The molecule has 0 aliphatic heterocycles. The molecule has 1 aromatic carbocycles. The average molecular weight is 268 g/mol. The molecule has 18 heavy (non-hydrogen) atoms. The van der Waals surface area contributed by atoms with E-state index in [4.69, 9.17) is 4.52 Å². The van der Waals surface area contributed by atoms with Crippen molar-refractivity contribution in [1.29, 1.82) is 0 Å². The van der Waals surface area contributed by atoms with Crippen molar-refractivity contribution in [3.05, 3.63) is 29.6 Å². The first-order valence-electron chi connectivity index (χ1n) is 5.15. The molecule has 0 aliphatic rings. The average Bonchev–Trinajstić information content (AvgIpc) is 2.67. The molecule has 0 aliphatic carbocycles. The van der Waals surface area contributed by atoms with Gasteiger partial charge in [0.1, 0.15) is 11.5 Å². The summed E-state index contributed by atoms with van der Waals surface area (Å²) in [7, 11) is -3.21. The number of aryl methyl sites for hydroxylation is 1. The number of benzene rings is 1. The topological polar surface area (TPSA) is 93.3 Å². The van der Waals surface area contributed by atoms with E-state index in [1.165, 1.54) is 6.07 Å². The Bertz CT molecular complexity index is 676. The molecule has 1 N–H and O–H groups in total. The van der Waals surface area contributed by atoms with Crippen molar-refractivity contribution in [2.24, 2.45) is 0 Å². The van der Waals surface area contributed by atoms with E-state index in [9.17, 15) is 13.5 Å². The molecule has 6 nitrogen and oxygen atoms in total. The van der Waals surface area contributed by atoms with Crippen molar-refractivity contribution in [2.45, 2.75) is 12.7 Å². The second-order valence-electron chi connectivity index (χ2n) is 4.11. The van der Waals surface area contributed by atoms with E-state index in [1.54, 1.807) is 12.1 Å². The highest BCUT2D eigenvalue weighted by molar-refractivity contribution is 7.89. The Labute approximate surface area is 104 Å². The molecular formula is C11H12N2O4S. The van der Waals surface area contributed by atoms with Gasteiger partial charge in [-0.15, -0.1) is 0 Å². The second kappa shape index (κ2) is 4.41. The number of sulfone groups is 1. The van der Waals surface area contributed by atoms with E-state index in [0.717, 1.165) is 11.8 Å². The number of aromatic nitrogens is 2. The lowest BCUT2D eigenvalue weighted by Gasteiger charge is -1.99. The molecule has 0 atom stereocenters. The van der Waals surface area contributed by atoms with Gasteiger partial charge in [0.05, 0.1) is 5.56 Å². The quantitative estimate of drug-likeness (QED) is 0.901. The summed E-state index contributed by atoms with van der Waals surface area (Å²) in [4.78, 5) is 3.95. The lowest BCUT2D eigenvalue weighted by Crippen LogP contribution is -2.02. The molecule has 2 rings (SSSR count). The molecule has 0 fully saturated rings. The van der Waals surface area contributed by atoms with Gasteiger partial charge in [0.15, 0.2) is 15.7 Å². The number of rotatable bonds is 3. The van der Waals surface area contributed by atoms with Crippen molar-refractivity contribution in [3.63, 3.8) is 0 Å². The highest BCUT2D eigenvalue weighted by atomic mass is 32.2. The fourth-order valence-corrected chi connectivity index (χ4v) is 2.06. The minimum atomic E-state index is -3.21. The summed E-state index contributed by atoms with van der Waals surface area (Å²) in [6.45, 7) is 1.86. The van der Waals surface area contributed by atoms with Crippen LogP contribution in [0, 0.1) is 6.92 Å². The molecule has 0 spiro atoms. The van der Waals surface area contributed by atoms with Gasteiger partial charge in [-0.05, 0) is 19.1 Å². The predicted octanol–water partition coefficient (Wildman–Crippen LogP) is 1.30. The molecule has 1 aromatic heterocycles. The van der Waals surface area contributed by atoms with Crippen molar-refractivity contribution >= 4 is 9.84 Å². The third kappa shape index (κ3) is 2.86. The van der Waals surface area contributed by atoms with Crippen LogP contribution in [0.2, 0.25) is 0 Å². The molecule has 0 saturated heterocycles. The summed E-state index contributed by atoms with van der Waals surface area (Å²) in [6.07, 6.45) is 1.09. The number of hydrogen-bond acceptors (Lipinski definition) is 6. The standard InChI is InChI=1S/C11H12N2O4S/c1-7-3-4-9(14)8(5-7)11-12-10(13-17-11)6-18(2,15)16/h3-5,14H,6H2,1-2H3. The van der Waals surface area contributed by atoms with Crippen LogP contribution in [0.3, 0.4) is 0 Å². The highest BCUT2D eigenvalue weighted by Gasteiger charge is 2.15. The zero-order valence-electron chi connectivity index (χ0n) is 9.91. The van der Waals surface area contributed by atoms with Gasteiger partial charge in [-0.2, -0.15) is 4.98 Å². The molecule has 2 aromatic rings. The van der Waals surface area contributed by atoms with Crippen molar-refractivity contribution in [1.82, 2.24) is 10.1 Å². The predicted molar refractivity (Wildman–Crippen MR) is 64.7 cm³/mol. The summed E-state index contributed by atoms with van der Waals surface area (Å²) in [6, 6.07) is 4.95. The Morgan fingerprint density at radius 2 is 2.11 bits per heavy atom. The molecular weight excluding hydrogens is 256 g/mol. The van der Waals surface area contributed by atoms with Gasteiger partial charge in [-0.1, -0.05) is 16.8 Å². The van der Waals surface area contributed by atoms with E-state index in [1.807, 2.05) is 6.92 Å². The monoisotopic (exact) mass is 268 g/mol. The molecule has 0 bridgehead atoms. The van der Waals surface area contributed by atoms with E-state index in [2.05, 4.69) is 10.1 Å².